The lowest BCUT2D eigenvalue weighted by atomic mass is 10.1. The minimum atomic E-state index is -0.155. The van der Waals surface area contributed by atoms with E-state index in [-0.39, 0.29) is 5.91 Å². The molecule has 3 aromatic carbocycles. The normalized spacial score (nSPS) is 14.2. The van der Waals surface area contributed by atoms with E-state index >= 15 is 0 Å². The van der Waals surface area contributed by atoms with Crippen LogP contribution in [0.4, 0.5) is 11.4 Å². The number of piperazine rings is 1. The van der Waals surface area contributed by atoms with Gasteiger partial charge in [0.2, 0.25) is 11.8 Å². The Morgan fingerprint density at radius 2 is 1.57 bits per heavy atom. The number of hydrogen-bond donors (Lipinski definition) is 1. The molecule has 1 N–H and O–H groups in total. The van der Waals surface area contributed by atoms with E-state index < -0.39 is 0 Å². The lowest BCUT2D eigenvalue weighted by Gasteiger charge is -2.34. The van der Waals surface area contributed by atoms with Gasteiger partial charge >= 0.3 is 0 Å². The summed E-state index contributed by atoms with van der Waals surface area (Å²) >= 11 is 0. The molecule has 1 saturated heterocycles. The zero-order valence-electron chi connectivity index (χ0n) is 20.3. The molecule has 35 heavy (non-hydrogen) atoms. The summed E-state index contributed by atoms with van der Waals surface area (Å²) in [6, 6.07) is 21.3. The highest BCUT2D eigenvalue weighted by Gasteiger charge is 2.16. The van der Waals surface area contributed by atoms with Crippen LogP contribution < -0.4 is 10.2 Å². The quantitative estimate of drug-likeness (QED) is 0.444. The molecule has 4 aromatic rings. The first kappa shape index (κ1) is 22.8. The minimum Gasteiger partial charge on any atom is -0.416 e. The fraction of sp³-hybridized carbons (Fsp3) is 0.250. The average molecular weight is 468 g/mol. The Kier molecular flexibility index (Phi) is 6.33. The first-order valence-corrected chi connectivity index (χ1v) is 11.8. The Morgan fingerprint density at radius 3 is 2.29 bits per heavy atom. The molecule has 7 heteroatoms. The van der Waals surface area contributed by atoms with Gasteiger partial charge in [-0.3, -0.25) is 4.79 Å². The molecule has 1 aliphatic rings. The first-order chi connectivity index (χ1) is 17.0. The molecule has 0 atom stereocenters. The van der Waals surface area contributed by atoms with Crippen LogP contribution in [0.1, 0.15) is 21.5 Å². The van der Waals surface area contributed by atoms with E-state index in [1.165, 1.54) is 5.69 Å². The second kappa shape index (κ2) is 9.72. The van der Waals surface area contributed by atoms with Crippen molar-refractivity contribution < 1.29 is 9.21 Å². The molecule has 0 spiro atoms. The highest BCUT2D eigenvalue weighted by Crippen LogP contribution is 2.27. The van der Waals surface area contributed by atoms with Crippen molar-refractivity contribution in [2.75, 3.05) is 43.4 Å². The lowest BCUT2D eigenvalue weighted by molar-refractivity contribution is 0.102. The van der Waals surface area contributed by atoms with Gasteiger partial charge in [-0.25, -0.2) is 0 Å². The fourth-order valence-corrected chi connectivity index (χ4v) is 4.27. The third-order valence-corrected chi connectivity index (χ3v) is 6.52. The Morgan fingerprint density at radius 1 is 0.857 bits per heavy atom. The van der Waals surface area contributed by atoms with Crippen LogP contribution >= 0.6 is 0 Å². The molecule has 178 valence electrons. The van der Waals surface area contributed by atoms with Crippen LogP contribution in [0.3, 0.4) is 0 Å². The summed E-state index contributed by atoms with van der Waals surface area (Å²) in [5.41, 5.74) is 6.37. The van der Waals surface area contributed by atoms with Crippen LogP contribution in [0.2, 0.25) is 0 Å². The molecule has 5 rings (SSSR count). The summed E-state index contributed by atoms with van der Waals surface area (Å²) in [5, 5.41) is 11.4. The molecule has 1 fully saturated rings. The number of anilines is 2. The molecule has 2 heterocycles. The molecular weight excluding hydrogens is 438 g/mol. The molecule has 0 saturated carbocycles. The number of rotatable bonds is 5. The summed E-state index contributed by atoms with van der Waals surface area (Å²) in [6.45, 7) is 8.18. The van der Waals surface area contributed by atoms with Gasteiger partial charge in [0, 0.05) is 54.2 Å². The number of aromatic nitrogens is 2. The Bertz CT molecular complexity index is 1340. The van der Waals surface area contributed by atoms with Crippen molar-refractivity contribution in [3.05, 3.63) is 83.4 Å². The summed E-state index contributed by atoms with van der Waals surface area (Å²) in [4.78, 5) is 17.6. The second-order valence-corrected chi connectivity index (χ2v) is 9.05. The molecule has 0 unspecified atom stereocenters. The van der Waals surface area contributed by atoms with Gasteiger partial charge in [-0.2, -0.15) is 0 Å². The van der Waals surface area contributed by atoms with Gasteiger partial charge in [-0.05, 0) is 80.6 Å². The first-order valence-electron chi connectivity index (χ1n) is 11.8. The summed E-state index contributed by atoms with van der Waals surface area (Å²) in [6.07, 6.45) is 0. The summed E-state index contributed by atoms with van der Waals surface area (Å²) in [7, 11) is 2.15. The van der Waals surface area contributed by atoms with E-state index in [2.05, 4.69) is 44.5 Å². The van der Waals surface area contributed by atoms with E-state index in [9.17, 15) is 4.79 Å². The van der Waals surface area contributed by atoms with Crippen molar-refractivity contribution in [2.24, 2.45) is 0 Å². The number of amides is 1. The number of carbonyl (C=O) groups excluding carboxylic acids is 1. The van der Waals surface area contributed by atoms with E-state index in [1.54, 1.807) is 12.1 Å². The fourth-order valence-electron chi connectivity index (χ4n) is 4.27. The lowest BCUT2D eigenvalue weighted by Crippen LogP contribution is -2.44. The number of nitrogens with one attached hydrogen (secondary N) is 1. The van der Waals surface area contributed by atoms with Gasteiger partial charge in [0.15, 0.2) is 0 Å². The highest BCUT2D eigenvalue weighted by molar-refractivity contribution is 6.05. The smallest absolute Gasteiger partial charge is 0.255 e. The Labute approximate surface area is 205 Å². The van der Waals surface area contributed by atoms with E-state index in [4.69, 9.17) is 4.42 Å². The molecule has 7 nitrogen and oxygen atoms in total. The molecular formula is C28H29N5O2. The molecule has 0 aliphatic carbocycles. The molecule has 1 amide bonds. The van der Waals surface area contributed by atoms with Crippen LogP contribution in [0.5, 0.6) is 0 Å². The summed E-state index contributed by atoms with van der Waals surface area (Å²) < 4.78 is 5.89. The van der Waals surface area contributed by atoms with Crippen molar-refractivity contribution in [2.45, 2.75) is 13.8 Å². The molecule has 0 bridgehead atoms. The van der Waals surface area contributed by atoms with Crippen molar-refractivity contribution in [1.29, 1.82) is 0 Å². The predicted octanol–water partition coefficient (Wildman–Crippen LogP) is 5.02. The molecule has 1 aliphatic heterocycles. The van der Waals surface area contributed by atoms with E-state index in [1.807, 2.05) is 56.3 Å². The number of aryl methyl sites for hydroxylation is 2. The zero-order valence-corrected chi connectivity index (χ0v) is 20.3. The van der Waals surface area contributed by atoms with E-state index in [0.29, 0.717) is 17.3 Å². The number of carbonyl (C=O) groups is 1. The standard InChI is InChI=1S/C28H29N5O2/c1-19-6-4-5-7-24(19)28-31-30-27(35-28)22-10-8-21(9-11-22)26(34)29-25-13-12-23(18-20(25)2)33-16-14-32(3)15-17-33/h4-13,18H,14-17H2,1-3H3,(H,29,34). The van der Waals surface area contributed by atoms with Crippen LogP contribution in [-0.2, 0) is 0 Å². The van der Waals surface area contributed by atoms with Crippen molar-refractivity contribution in [1.82, 2.24) is 15.1 Å². The molecule has 1 aromatic heterocycles. The Balaban J connectivity index is 1.26. The predicted molar refractivity (Wildman–Crippen MR) is 139 cm³/mol. The van der Waals surface area contributed by atoms with Gasteiger partial charge < -0.3 is 19.5 Å². The van der Waals surface area contributed by atoms with Gasteiger partial charge in [0.25, 0.3) is 5.91 Å². The average Bonchev–Trinajstić information content (AvgIpc) is 3.36. The van der Waals surface area contributed by atoms with Gasteiger partial charge in [0.1, 0.15) is 0 Å². The maximum atomic E-state index is 12.9. The van der Waals surface area contributed by atoms with Crippen LogP contribution in [0, 0.1) is 13.8 Å². The summed E-state index contributed by atoms with van der Waals surface area (Å²) in [5.74, 6) is 0.749. The third kappa shape index (κ3) is 4.95. The minimum absolute atomic E-state index is 0.155. The molecule has 0 radical (unpaired) electrons. The van der Waals surface area contributed by atoms with Gasteiger partial charge in [-0.15, -0.1) is 10.2 Å². The maximum Gasteiger partial charge on any atom is 0.255 e. The van der Waals surface area contributed by atoms with Crippen molar-refractivity contribution in [3.8, 4) is 22.9 Å². The topological polar surface area (TPSA) is 74.5 Å². The van der Waals surface area contributed by atoms with Gasteiger partial charge in [-0.1, -0.05) is 18.2 Å². The number of nitrogens with zero attached hydrogens (tertiary/aromatic N) is 4. The zero-order chi connectivity index (χ0) is 24.4. The Hall–Kier alpha value is -3.97. The maximum absolute atomic E-state index is 12.9. The number of hydrogen-bond acceptors (Lipinski definition) is 6. The monoisotopic (exact) mass is 467 g/mol. The van der Waals surface area contributed by atoms with Gasteiger partial charge in [0.05, 0.1) is 0 Å². The number of benzene rings is 3. The SMILES string of the molecule is Cc1cc(N2CCN(C)CC2)ccc1NC(=O)c1ccc(-c2nnc(-c3ccccc3C)o2)cc1. The van der Waals surface area contributed by atoms with Crippen molar-refractivity contribution >= 4 is 17.3 Å². The highest BCUT2D eigenvalue weighted by atomic mass is 16.4. The van der Waals surface area contributed by atoms with Crippen LogP contribution in [0.15, 0.2) is 71.1 Å². The third-order valence-electron chi connectivity index (χ3n) is 6.52. The second-order valence-electron chi connectivity index (χ2n) is 9.05. The van der Waals surface area contributed by atoms with Crippen LogP contribution in [0.25, 0.3) is 22.9 Å². The largest absolute Gasteiger partial charge is 0.416 e. The van der Waals surface area contributed by atoms with Crippen LogP contribution in [-0.4, -0.2) is 54.2 Å². The number of likely N-dealkylation sites (N-methyl/N-ethyl adjacent to an activating group) is 1. The van der Waals surface area contributed by atoms with Crippen molar-refractivity contribution in [3.63, 3.8) is 0 Å². The van der Waals surface area contributed by atoms with E-state index in [0.717, 1.165) is 54.1 Å².